The first-order valence-corrected chi connectivity index (χ1v) is 10.7. The highest BCUT2D eigenvalue weighted by Crippen LogP contribution is 2.36. The van der Waals surface area contributed by atoms with Crippen molar-refractivity contribution in [3.05, 3.63) is 40.2 Å². The van der Waals surface area contributed by atoms with E-state index in [4.69, 9.17) is 21.3 Å². The highest BCUT2D eigenvalue weighted by Gasteiger charge is 2.29. The predicted octanol–water partition coefficient (Wildman–Crippen LogP) is 4.61. The van der Waals surface area contributed by atoms with E-state index in [0.717, 1.165) is 47.5 Å². The van der Waals surface area contributed by atoms with E-state index in [0.29, 0.717) is 22.4 Å². The van der Waals surface area contributed by atoms with Crippen LogP contribution in [0.1, 0.15) is 41.5 Å². The number of fused-ring (bicyclic) bond motifs is 1. The van der Waals surface area contributed by atoms with E-state index in [2.05, 4.69) is 5.10 Å². The summed E-state index contributed by atoms with van der Waals surface area (Å²) >= 11 is 7.82. The average molecular weight is 419 g/mol. The van der Waals surface area contributed by atoms with Gasteiger partial charge in [-0.3, -0.25) is 14.4 Å². The van der Waals surface area contributed by atoms with Crippen LogP contribution in [0, 0.1) is 13.8 Å². The minimum absolute atomic E-state index is 0.0156. The highest BCUT2D eigenvalue weighted by atomic mass is 35.5. The van der Waals surface area contributed by atoms with E-state index in [1.807, 2.05) is 43.7 Å². The molecular weight excluding hydrogens is 396 g/mol. The molecule has 1 unspecified atom stereocenters. The number of hydrogen-bond acceptors (Lipinski definition) is 5. The minimum atomic E-state index is -0.154. The van der Waals surface area contributed by atoms with Gasteiger partial charge in [0.05, 0.1) is 27.9 Å². The van der Waals surface area contributed by atoms with Gasteiger partial charge in [-0.15, -0.1) is 0 Å². The summed E-state index contributed by atoms with van der Waals surface area (Å²) < 4.78 is 8.52. The van der Waals surface area contributed by atoms with Crippen LogP contribution in [0.2, 0.25) is 5.02 Å². The normalized spacial score (nSPS) is 16.8. The first-order chi connectivity index (χ1) is 13.5. The fourth-order valence-electron chi connectivity index (χ4n) is 3.52. The fraction of sp³-hybridized carbons (Fsp3) is 0.450. The lowest BCUT2D eigenvalue weighted by Gasteiger charge is -2.22. The van der Waals surface area contributed by atoms with Crippen LogP contribution in [0.5, 0.6) is 0 Å². The van der Waals surface area contributed by atoms with Crippen molar-refractivity contribution in [2.24, 2.45) is 0 Å². The number of anilines is 1. The molecule has 0 aliphatic carbocycles. The highest BCUT2D eigenvalue weighted by molar-refractivity contribution is 7.23. The monoisotopic (exact) mass is 418 g/mol. The Morgan fingerprint density at radius 3 is 2.89 bits per heavy atom. The van der Waals surface area contributed by atoms with E-state index in [-0.39, 0.29) is 12.0 Å². The van der Waals surface area contributed by atoms with Crippen molar-refractivity contribution in [1.82, 2.24) is 14.8 Å². The second-order valence-electron chi connectivity index (χ2n) is 7.08. The third-order valence-corrected chi connectivity index (χ3v) is 6.61. The number of rotatable bonds is 5. The third-order valence-electron chi connectivity index (χ3n) is 5.07. The van der Waals surface area contributed by atoms with Gasteiger partial charge in [-0.05, 0) is 51.3 Å². The zero-order valence-electron chi connectivity index (χ0n) is 16.2. The predicted molar refractivity (Wildman–Crippen MR) is 113 cm³/mol. The quantitative estimate of drug-likeness (QED) is 0.607. The average Bonchev–Trinajstić information content (AvgIpc) is 3.41. The van der Waals surface area contributed by atoms with Crippen LogP contribution in [0.4, 0.5) is 5.13 Å². The topological polar surface area (TPSA) is 60.2 Å². The van der Waals surface area contributed by atoms with Crippen molar-refractivity contribution in [2.75, 3.05) is 18.1 Å². The zero-order valence-corrected chi connectivity index (χ0v) is 17.8. The van der Waals surface area contributed by atoms with E-state index >= 15 is 0 Å². The van der Waals surface area contributed by atoms with Gasteiger partial charge in [-0.25, -0.2) is 4.98 Å². The molecule has 3 aromatic rings. The van der Waals surface area contributed by atoms with Gasteiger partial charge in [0.15, 0.2) is 10.8 Å². The van der Waals surface area contributed by atoms with E-state index in [1.54, 1.807) is 4.90 Å². The molecule has 3 heterocycles. The van der Waals surface area contributed by atoms with Gasteiger partial charge in [0.1, 0.15) is 0 Å². The molecule has 8 heteroatoms. The van der Waals surface area contributed by atoms with Gasteiger partial charge in [0.2, 0.25) is 0 Å². The molecule has 1 atom stereocenters. The number of thiazole rings is 1. The summed E-state index contributed by atoms with van der Waals surface area (Å²) in [5.74, 6) is -0.154. The standard InChI is InChI=1S/C20H23ClN4O2S/c1-4-25-13(3)10-16(23-25)19(26)24(11-14-6-5-9-27-14)20-22-17-12(2)7-8-15(21)18(17)28-20/h7-8,10,14H,4-6,9,11H2,1-3H3. The van der Waals surface area contributed by atoms with Crippen molar-refractivity contribution in [1.29, 1.82) is 0 Å². The molecule has 1 aliphatic heterocycles. The number of aromatic nitrogens is 3. The Bertz CT molecular complexity index is 984. The number of carbonyl (C=O) groups excluding carboxylic acids is 1. The second kappa shape index (κ2) is 7.81. The first kappa shape index (κ1) is 19.4. The van der Waals surface area contributed by atoms with Crippen molar-refractivity contribution >= 4 is 44.2 Å². The summed E-state index contributed by atoms with van der Waals surface area (Å²) in [6.45, 7) is 7.89. The Balaban J connectivity index is 1.75. The second-order valence-corrected chi connectivity index (χ2v) is 8.46. The number of benzene rings is 1. The fourth-order valence-corrected chi connectivity index (χ4v) is 4.84. The lowest BCUT2D eigenvalue weighted by molar-refractivity contribution is 0.0912. The molecule has 0 saturated carbocycles. The van der Waals surface area contributed by atoms with Crippen LogP contribution in [0.15, 0.2) is 18.2 Å². The Kier molecular flexibility index (Phi) is 5.40. The Morgan fingerprint density at radius 2 is 2.25 bits per heavy atom. The van der Waals surface area contributed by atoms with Gasteiger partial charge >= 0.3 is 0 Å². The number of carbonyl (C=O) groups is 1. The SMILES string of the molecule is CCn1nc(C(=O)N(CC2CCCO2)c2nc3c(C)ccc(Cl)c3s2)cc1C. The largest absolute Gasteiger partial charge is 0.376 e. The molecule has 28 heavy (non-hydrogen) atoms. The Morgan fingerprint density at radius 1 is 1.43 bits per heavy atom. The molecule has 2 aromatic heterocycles. The number of hydrogen-bond donors (Lipinski definition) is 0. The number of amides is 1. The van der Waals surface area contributed by atoms with Crippen molar-refractivity contribution < 1.29 is 9.53 Å². The van der Waals surface area contributed by atoms with Crippen LogP contribution in [0.25, 0.3) is 10.2 Å². The zero-order chi connectivity index (χ0) is 19.8. The first-order valence-electron chi connectivity index (χ1n) is 9.51. The Hall–Kier alpha value is -1.96. The van der Waals surface area contributed by atoms with Crippen molar-refractivity contribution in [3.63, 3.8) is 0 Å². The molecule has 6 nitrogen and oxygen atoms in total. The molecule has 1 saturated heterocycles. The van der Waals surface area contributed by atoms with Gasteiger partial charge in [-0.2, -0.15) is 5.10 Å². The summed E-state index contributed by atoms with van der Waals surface area (Å²) in [5.41, 5.74) is 3.27. The van der Waals surface area contributed by atoms with Crippen LogP contribution < -0.4 is 4.90 Å². The van der Waals surface area contributed by atoms with Gasteiger partial charge in [0.25, 0.3) is 5.91 Å². The maximum absolute atomic E-state index is 13.4. The summed E-state index contributed by atoms with van der Waals surface area (Å²) in [4.78, 5) is 19.9. The smallest absolute Gasteiger partial charge is 0.280 e. The molecule has 1 amide bonds. The number of ether oxygens (including phenoxy) is 1. The molecular formula is C20H23ClN4O2S. The Labute approximate surface area is 173 Å². The van der Waals surface area contributed by atoms with Crippen molar-refractivity contribution in [2.45, 2.75) is 46.3 Å². The molecule has 0 spiro atoms. The number of halogens is 1. The summed E-state index contributed by atoms with van der Waals surface area (Å²) in [6.07, 6.45) is 1.97. The van der Waals surface area contributed by atoms with Gasteiger partial charge in [0, 0.05) is 18.8 Å². The summed E-state index contributed by atoms with van der Waals surface area (Å²) in [6, 6.07) is 5.66. The van der Waals surface area contributed by atoms with Gasteiger partial charge in [-0.1, -0.05) is 29.0 Å². The maximum Gasteiger partial charge on any atom is 0.280 e. The van der Waals surface area contributed by atoms with Gasteiger partial charge < -0.3 is 4.74 Å². The van der Waals surface area contributed by atoms with Crippen LogP contribution in [-0.4, -0.2) is 39.9 Å². The molecule has 1 aromatic carbocycles. The molecule has 0 radical (unpaired) electrons. The van der Waals surface area contributed by atoms with E-state index in [9.17, 15) is 4.79 Å². The molecule has 1 fully saturated rings. The lowest BCUT2D eigenvalue weighted by Crippen LogP contribution is -2.37. The maximum atomic E-state index is 13.4. The van der Waals surface area contributed by atoms with Crippen LogP contribution in [-0.2, 0) is 11.3 Å². The molecule has 148 valence electrons. The van der Waals surface area contributed by atoms with Crippen LogP contribution >= 0.6 is 22.9 Å². The third kappa shape index (κ3) is 3.54. The molecule has 1 aliphatic rings. The number of nitrogens with zero attached hydrogens (tertiary/aromatic N) is 4. The van der Waals surface area contributed by atoms with E-state index in [1.165, 1.54) is 11.3 Å². The lowest BCUT2D eigenvalue weighted by atomic mass is 10.2. The van der Waals surface area contributed by atoms with E-state index < -0.39 is 0 Å². The van der Waals surface area contributed by atoms with Crippen molar-refractivity contribution in [3.8, 4) is 0 Å². The summed E-state index contributed by atoms with van der Waals surface area (Å²) in [7, 11) is 0. The molecule has 0 N–H and O–H groups in total. The minimum Gasteiger partial charge on any atom is -0.376 e. The van der Waals surface area contributed by atoms with Crippen LogP contribution in [0.3, 0.4) is 0 Å². The number of aryl methyl sites for hydroxylation is 3. The molecule has 4 rings (SSSR count). The summed E-state index contributed by atoms with van der Waals surface area (Å²) in [5, 5.41) is 5.76. The molecule has 0 bridgehead atoms.